The van der Waals surface area contributed by atoms with Gasteiger partial charge in [-0.15, -0.1) is 0 Å². The van der Waals surface area contributed by atoms with Gasteiger partial charge in [-0.1, -0.05) is 24.3 Å². The maximum Gasteiger partial charge on any atom is 0.274 e. The van der Waals surface area contributed by atoms with Crippen LogP contribution in [0.3, 0.4) is 0 Å². The van der Waals surface area contributed by atoms with Gasteiger partial charge in [-0.05, 0) is 48.2 Å². The lowest BCUT2D eigenvalue weighted by Gasteiger charge is -2.17. The van der Waals surface area contributed by atoms with E-state index in [2.05, 4.69) is 31.2 Å². The molecule has 0 saturated heterocycles. The second-order valence-electron chi connectivity index (χ2n) is 11.0. The Morgan fingerprint density at radius 1 is 0.646 bits per heavy atom. The van der Waals surface area contributed by atoms with Crippen molar-refractivity contribution in [1.29, 1.82) is 0 Å². The summed E-state index contributed by atoms with van der Waals surface area (Å²) in [7, 11) is 6.43. The number of rotatable bonds is 17. The van der Waals surface area contributed by atoms with Gasteiger partial charge in [0.15, 0.2) is 0 Å². The molecule has 2 aromatic carbocycles. The Kier molecular flexibility index (Phi) is 13.4. The van der Waals surface area contributed by atoms with Gasteiger partial charge in [0.05, 0.1) is 27.4 Å². The maximum atomic E-state index is 13.3. The maximum absolute atomic E-state index is 13.3. The van der Waals surface area contributed by atoms with Crippen LogP contribution < -0.4 is 30.7 Å². The summed E-state index contributed by atoms with van der Waals surface area (Å²) in [6.45, 7) is 7.49. The monoisotopic (exact) mass is 656 g/mol. The molecule has 2 aromatic heterocycles. The zero-order chi connectivity index (χ0) is 34.5. The van der Waals surface area contributed by atoms with Gasteiger partial charge >= 0.3 is 0 Å². The second-order valence-corrected chi connectivity index (χ2v) is 11.0. The van der Waals surface area contributed by atoms with Gasteiger partial charge in [0, 0.05) is 87.4 Å². The zero-order valence-corrected chi connectivity index (χ0v) is 28.4. The first-order valence-electron chi connectivity index (χ1n) is 15.6. The van der Waals surface area contributed by atoms with Crippen LogP contribution in [0.15, 0.2) is 60.9 Å². The van der Waals surface area contributed by atoms with Gasteiger partial charge < -0.3 is 40.2 Å². The van der Waals surface area contributed by atoms with E-state index in [9.17, 15) is 9.59 Å². The number of amides is 2. The van der Waals surface area contributed by atoms with Crippen molar-refractivity contribution in [2.45, 2.75) is 26.9 Å². The highest BCUT2D eigenvalue weighted by molar-refractivity contribution is 6.05. The first-order chi connectivity index (χ1) is 23.3. The first kappa shape index (κ1) is 36.0. The van der Waals surface area contributed by atoms with Gasteiger partial charge in [-0.25, -0.2) is 0 Å². The Morgan fingerprint density at radius 2 is 1.06 bits per heavy atom. The Balaban J connectivity index is 1.50. The Hall–Kier alpha value is -4.88. The summed E-state index contributed by atoms with van der Waals surface area (Å²) in [5.74, 6) is 0.425. The average molecular weight is 657 g/mol. The standard InChI is InChI=1S/C36H44N6O6/c1-23-27(9-7-11-29(23)41-35(43)31-17-33(47-5)25(21-39-31)19-37-13-15-45-3)28-10-8-12-30(24(28)2)42-36(44)32-18-34(48-6)26(22-40-32)20-38-14-16-46-4/h7-12,17-18,21-22,37-38H,13-16,19-20H2,1-6H3,(H,41,43)(H,42,44). The molecule has 0 atom stereocenters. The highest BCUT2D eigenvalue weighted by Gasteiger charge is 2.18. The quantitative estimate of drug-likeness (QED) is 0.118. The number of hydrogen-bond acceptors (Lipinski definition) is 10. The number of nitrogens with one attached hydrogen (secondary N) is 4. The van der Waals surface area contributed by atoms with Crippen molar-refractivity contribution < 1.29 is 28.5 Å². The van der Waals surface area contributed by atoms with E-state index in [0.29, 0.717) is 62.3 Å². The molecular formula is C36H44N6O6. The third kappa shape index (κ3) is 9.14. The summed E-state index contributed by atoms with van der Waals surface area (Å²) in [6, 6.07) is 14.7. The largest absolute Gasteiger partial charge is 0.496 e. The fourth-order valence-electron chi connectivity index (χ4n) is 5.12. The smallest absolute Gasteiger partial charge is 0.274 e. The lowest BCUT2D eigenvalue weighted by atomic mass is 9.94. The number of pyridine rings is 2. The van der Waals surface area contributed by atoms with Crippen molar-refractivity contribution in [2.24, 2.45) is 0 Å². The van der Waals surface area contributed by atoms with Crippen molar-refractivity contribution in [2.75, 3.05) is 65.4 Å². The molecule has 0 aliphatic carbocycles. The van der Waals surface area contributed by atoms with E-state index in [1.807, 2.05) is 50.2 Å². The number of carbonyl (C=O) groups excluding carboxylic acids is 2. The lowest BCUT2D eigenvalue weighted by Crippen LogP contribution is -2.20. The number of anilines is 2. The molecule has 12 nitrogen and oxygen atoms in total. The molecule has 0 aliphatic rings. The second kappa shape index (κ2) is 17.9. The minimum absolute atomic E-state index is 0.235. The highest BCUT2D eigenvalue weighted by Crippen LogP contribution is 2.34. The molecular weight excluding hydrogens is 612 g/mol. The molecule has 0 unspecified atom stereocenters. The molecule has 4 N–H and O–H groups in total. The Labute approximate surface area is 281 Å². The summed E-state index contributed by atoms with van der Waals surface area (Å²) < 4.78 is 21.2. The molecule has 0 fully saturated rings. The molecule has 254 valence electrons. The summed E-state index contributed by atoms with van der Waals surface area (Å²) in [4.78, 5) is 35.3. The van der Waals surface area contributed by atoms with Gasteiger partial charge in [-0.3, -0.25) is 19.6 Å². The fourth-order valence-corrected chi connectivity index (χ4v) is 5.12. The summed E-state index contributed by atoms with van der Waals surface area (Å²) in [5, 5.41) is 12.5. The average Bonchev–Trinajstić information content (AvgIpc) is 3.10. The van der Waals surface area contributed by atoms with Crippen LogP contribution in [0.4, 0.5) is 11.4 Å². The molecule has 48 heavy (non-hydrogen) atoms. The molecule has 0 radical (unpaired) electrons. The minimum atomic E-state index is -0.357. The molecule has 0 spiro atoms. The van der Waals surface area contributed by atoms with E-state index in [1.165, 1.54) is 0 Å². The lowest BCUT2D eigenvalue weighted by molar-refractivity contribution is 0.101. The van der Waals surface area contributed by atoms with Crippen molar-refractivity contribution >= 4 is 23.2 Å². The normalized spacial score (nSPS) is 10.9. The van der Waals surface area contributed by atoms with Crippen LogP contribution in [-0.2, 0) is 22.6 Å². The molecule has 12 heteroatoms. The topological polar surface area (TPSA) is 145 Å². The Morgan fingerprint density at radius 3 is 1.44 bits per heavy atom. The van der Waals surface area contributed by atoms with Crippen molar-refractivity contribution in [1.82, 2.24) is 20.6 Å². The number of hydrogen-bond donors (Lipinski definition) is 4. The molecule has 2 heterocycles. The van der Waals surface area contributed by atoms with Crippen LogP contribution in [0, 0.1) is 13.8 Å². The van der Waals surface area contributed by atoms with Crippen LogP contribution in [-0.4, -0.2) is 76.5 Å². The van der Waals surface area contributed by atoms with Gasteiger partial charge in [0.1, 0.15) is 22.9 Å². The van der Waals surface area contributed by atoms with Crippen LogP contribution >= 0.6 is 0 Å². The van der Waals surface area contributed by atoms with Crippen LogP contribution in [0.2, 0.25) is 0 Å². The minimum Gasteiger partial charge on any atom is -0.496 e. The van der Waals surface area contributed by atoms with E-state index < -0.39 is 0 Å². The fraction of sp³-hybridized carbons (Fsp3) is 0.333. The van der Waals surface area contributed by atoms with Crippen LogP contribution in [0.1, 0.15) is 43.2 Å². The molecule has 0 bridgehead atoms. The first-order valence-corrected chi connectivity index (χ1v) is 15.6. The number of methoxy groups -OCH3 is 4. The number of carbonyl (C=O) groups is 2. The number of benzene rings is 2. The third-order valence-corrected chi connectivity index (χ3v) is 7.84. The molecule has 4 aromatic rings. The SMILES string of the molecule is COCCNCc1cnc(C(=O)Nc2cccc(-c3cccc(NC(=O)c4cc(OC)c(CNCCOC)cn4)c3C)c2C)cc1OC. The molecule has 2 amide bonds. The molecule has 0 saturated carbocycles. The van der Waals surface area contributed by atoms with Gasteiger partial charge in [0.25, 0.3) is 11.8 Å². The number of nitrogens with zero attached hydrogens (tertiary/aromatic N) is 2. The van der Waals surface area contributed by atoms with Crippen molar-refractivity contribution in [3.05, 3.63) is 94.6 Å². The summed E-state index contributed by atoms with van der Waals surface area (Å²) in [5.41, 5.74) is 6.99. The van der Waals surface area contributed by atoms with E-state index in [1.54, 1.807) is 53.0 Å². The highest BCUT2D eigenvalue weighted by atomic mass is 16.5. The van der Waals surface area contributed by atoms with E-state index in [-0.39, 0.29) is 23.2 Å². The van der Waals surface area contributed by atoms with Gasteiger partial charge in [0.2, 0.25) is 0 Å². The number of aromatic nitrogens is 2. The van der Waals surface area contributed by atoms with Crippen molar-refractivity contribution in [3.63, 3.8) is 0 Å². The molecule has 0 aliphatic heterocycles. The summed E-state index contributed by atoms with van der Waals surface area (Å²) >= 11 is 0. The predicted molar refractivity (Wildman–Crippen MR) is 186 cm³/mol. The van der Waals surface area contributed by atoms with E-state index in [0.717, 1.165) is 33.4 Å². The van der Waals surface area contributed by atoms with E-state index >= 15 is 0 Å². The predicted octanol–water partition coefficient (Wildman–Crippen LogP) is 4.75. The van der Waals surface area contributed by atoms with E-state index in [4.69, 9.17) is 18.9 Å². The zero-order valence-electron chi connectivity index (χ0n) is 28.4. The number of ether oxygens (including phenoxy) is 4. The van der Waals surface area contributed by atoms with Crippen molar-refractivity contribution in [3.8, 4) is 22.6 Å². The van der Waals surface area contributed by atoms with Crippen LogP contribution in [0.25, 0.3) is 11.1 Å². The van der Waals surface area contributed by atoms with Gasteiger partial charge in [-0.2, -0.15) is 0 Å². The molecule has 4 rings (SSSR count). The summed E-state index contributed by atoms with van der Waals surface area (Å²) in [6.07, 6.45) is 3.28. The van der Waals surface area contributed by atoms with Crippen LogP contribution in [0.5, 0.6) is 11.5 Å². The third-order valence-electron chi connectivity index (χ3n) is 7.84. The Bertz CT molecular complexity index is 1590.